The van der Waals surface area contributed by atoms with Crippen LogP contribution >= 0.6 is 11.6 Å². The topological polar surface area (TPSA) is 105 Å². The van der Waals surface area contributed by atoms with Crippen molar-refractivity contribution >= 4 is 46.3 Å². The Bertz CT molecular complexity index is 1400. The first-order valence-corrected chi connectivity index (χ1v) is 11.3. The number of aliphatic hydroxyl groups excluding tert-OH is 1. The highest BCUT2D eigenvalue weighted by atomic mass is 35.5. The maximum atomic E-state index is 13.4. The van der Waals surface area contributed by atoms with Gasteiger partial charge in [0.1, 0.15) is 17.3 Å². The zero-order valence-electron chi connectivity index (χ0n) is 19.7. The minimum atomic E-state index is -0.977. The predicted molar refractivity (Wildman–Crippen MR) is 137 cm³/mol. The molecule has 0 spiro atoms. The van der Waals surface area contributed by atoms with Gasteiger partial charge in [-0.1, -0.05) is 29.8 Å². The molecule has 1 aliphatic heterocycles. The fourth-order valence-corrected chi connectivity index (χ4v) is 4.32. The molecule has 184 valence electrons. The lowest BCUT2D eigenvalue weighted by Gasteiger charge is -2.26. The minimum absolute atomic E-state index is 0.109. The van der Waals surface area contributed by atoms with Crippen LogP contribution in [-0.2, 0) is 14.4 Å². The zero-order chi connectivity index (χ0) is 26.0. The lowest BCUT2D eigenvalue weighted by Crippen LogP contribution is -2.29. The van der Waals surface area contributed by atoms with Gasteiger partial charge >= 0.3 is 0 Å². The number of anilines is 2. The number of hydrogen-bond acceptors (Lipinski definition) is 6. The number of nitrogens with one attached hydrogen (secondary N) is 1. The summed E-state index contributed by atoms with van der Waals surface area (Å²) in [5, 5.41) is 14.3. The summed E-state index contributed by atoms with van der Waals surface area (Å²) in [6.07, 6.45) is 0. The van der Waals surface area contributed by atoms with E-state index in [1.807, 2.05) is 0 Å². The number of methoxy groups -OCH3 is 2. The van der Waals surface area contributed by atoms with Crippen LogP contribution in [0.5, 0.6) is 11.5 Å². The van der Waals surface area contributed by atoms with Crippen molar-refractivity contribution in [2.45, 2.75) is 13.0 Å². The number of halogens is 1. The summed E-state index contributed by atoms with van der Waals surface area (Å²) in [6, 6.07) is 17.0. The van der Waals surface area contributed by atoms with E-state index < -0.39 is 17.7 Å². The van der Waals surface area contributed by atoms with Gasteiger partial charge in [0.25, 0.3) is 11.7 Å². The minimum Gasteiger partial charge on any atom is -0.507 e. The molecule has 4 rings (SSSR count). The summed E-state index contributed by atoms with van der Waals surface area (Å²) in [5.74, 6) is -1.54. The average Bonchev–Trinajstić information content (AvgIpc) is 3.14. The van der Waals surface area contributed by atoms with Gasteiger partial charge in [-0.05, 0) is 54.1 Å². The van der Waals surface area contributed by atoms with E-state index in [1.54, 1.807) is 48.5 Å². The maximum absolute atomic E-state index is 13.4. The van der Waals surface area contributed by atoms with E-state index in [1.165, 1.54) is 44.2 Å². The molecular formula is C27H23ClN2O6. The molecule has 0 saturated carbocycles. The van der Waals surface area contributed by atoms with Crippen LogP contribution in [0.1, 0.15) is 24.1 Å². The van der Waals surface area contributed by atoms with Gasteiger partial charge < -0.3 is 19.9 Å². The highest BCUT2D eigenvalue weighted by Gasteiger charge is 2.47. The van der Waals surface area contributed by atoms with E-state index in [2.05, 4.69) is 5.32 Å². The van der Waals surface area contributed by atoms with Crippen molar-refractivity contribution in [3.05, 3.63) is 88.5 Å². The van der Waals surface area contributed by atoms with E-state index in [0.717, 1.165) is 0 Å². The fourth-order valence-electron chi connectivity index (χ4n) is 4.13. The number of carbonyl (C=O) groups is 3. The molecule has 2 N–H and O–H groups in total. The van der Waals surface area contributed by atoms with Crippen LogP contribution in [0.25, 0.3) is 5.76 Å². The Hall–Kier alpha value is -4.30. The summed E-state index contributed by atoms with van der Waals surface area (Å²) >= 11 is 6.13. The predicted octanol–water partition coefficient (Wildman–Crippen LogP) is 4.94. The Kier molecular flexibility index (Phi) is 6.98. The van der Waals surface area contributed by atoms with Gasteiger partial charge in [-0.2, -0.15) is 0 Å². The molecule has 1 atom stereocenters. The number of rotatable bonds is 6. The number of Topliss-reactive ketones (excluding diaryl/α,β-unsaturated/α-hetero) is 1. The third-order valence-corrected chi connectivity index (χ3v) is 6.04. The molecule has 0 aromatic heterocycles. The molecule has 3 aromatic carbocycles. The number of benzene rings is 3. The van der Waals surface area contributed by atoms with E-state index in [9.17, 15) is 19.5 Å². The van der Waals surface area contributed by atoms with Gasteiger partial charge in [-0.15, -0.1) is 0 Å². The first kappa shape index (κ1) is 24.8. The van der Waals surface area contributed by atoms with Crippen molar-refractivity contribution < 1.29 is 29.0 Å². The highest BCUT2D eigenvalue weighted by Crippen LogP contribution is 2.43. The first-order valence-electron chi connectivity index (χ1n) is 10.9. The van der Waals surface area contributed by atoms with Crippen molar-refractivity contribution in [3.8, 4) is 11.5 Å². The van der Waals surface area contributed by atoms with Crippen LogP contribution in [0.4, 0.5) is 11.4 Å². The van der Waals surface area contributed by atoms with Gasteiger partial charge in [0.05, 0.1) is 30.9 Å². The van der Waals surface area contributed by atoms with Crippen molar-refractivity contribution in [1.29, 1.82) is 0 Å². The van der Waals surface area contributed by atoms with E-state index in [4.69, 9.17) is 21.1 Å². The van der Waals surface area contributed by atoms with E-state index in [-0.39, 0.29) is 22.8 Å². The van der Waals surface area contributed by atoms with Gasteiger partial charge in [0.15, 0.2) is 0 Å². The highest BCUT2D eigenvalue weighted by molar-refractivity contribution is 6.51. The van der Waals surface area contributed by atoms with Crippen molar-refractivity contribution in [3.63, 3.8) is 0 Å². The van der Waals surface area contributed by atoms with E-state index in [0.29, 0.717) is 33.5 Å². The Morgan fingerprint density at radius 2 is 1.75 bits per heavy atom. The fraction of sp³-hybridized carbons (Fsp3) is 0.148. The molecule has 1 fully saturated rings. The quantitative estimate of drug-likeness (QED) is 0.279. The number of ether oxygens (including phenoxy) is 2. The molecule has 0 radical (unpaired) electrons. The molecule has 0 bridgehead atoms. The lowest BCUT2D eigenvalue weighted by atomic mass is 9.95. The molecule has 2 amide bonds. The molecule has 36 heavy (non-hydrogen) atoms. The Balaban J connectivity index is 1.94. The number of nitrogens with zero attached hydrogens (tertiary/aromatic N) is 1. The number of ketones is 1. The summed E-state index contributed by atoms with van der Waals surface area (Å²) in [4.78, 5) is 39.6. The molecule has 1 saturated heterocycles. The van der Waals surface area contributed by atoms with Crippen LogP contribution in [0.2, 0.25) is 5.02 Å². The van der Waals surface area contributed by atoms with Gasteiger partial charge in [0.2, 0.25) is 5.91 Å². The second kappa shape index (κ2) is 10.1. The summed E-state index contributed by atoms with van der Waals surface area (Å²) < 4.78 is 10.6. The molecule has 8 nitrogen and oxygen atoms in total. The van der Waals surface area contributed by atoms with Crippen LogP contribution < -0.4 is 19.7 Å². The molecule has 1 aliphatic rings. The number of hydrogen-bond donors (Lipinski definition) is 2. The van der Waals surface area contributed by atoms with Crippen LogP contribution in [-0.4, -0.2) is 36.9 Å². The second-order valence-corrected chi connectivity index (χ2v) is 8.43. The van der Waals surface area contributed by atoms with E-state index >= 15 is 0 Å². The molecule has 1 heterocycles. The normalized spacial score (nSPS) is 16.7. The Labute approximate surface area is 212 Å². The first-order chi connectivity index (χ1) is 17.2. The smallest absolute Gasteiger partial charge is 0.300 e. The molecule has 1 unspecified atom stereocenters. The summed E-state index contributed by atoms with van der Waals surface area (Å²) in [5.41, 5.74) is 1.51. The Morgan fingerprint density at radius 1 is 1.00 bits per heavy atom. The van der Waals surface area contributed by atoms with Crippen LogP contribution in [0.15, 0.2) is 72.3 Å². The van der Waals surface area contributed by atoms with Crippen molar-refractivity contribution in [2.75, 3.05) is 24.4 Å². The number of carbonyl (C=O) groups excluding carboxylic acids is 3. The standard InChI is InChI=1S/C27H23ClN2O6/c1-15(31)29-18-7-5-8-19(14-18)30-24(16-6-4-9-20(12-16)35-2)23(26(33)27(30)34)25(32)17-10-11-21(28)22(13-17)36-3/h4-14,24,32H,1-3H3,(H,29,31)/b25-23+. The summed E-state index contributed by atoms with van der Waals surface area (Å²) in [7, 11) is 2.94. The molecule has 9 heteroatoms. The average molecular weight is 507 g/mol. The third kappa shape index (κ3) is 4.63. The van der Waals surface area contributed by atoms with Crippen molar-refractivity contribution in [2.24, 2.45) is 0 Å². The SMILES string of the molecule is COc1cccc(C2/C(=C(\O)c3ccc(Cl)c(OC)c3)C(=O)C(=O)N2c2cccc(NC(C)=O)c2)c1. The second-order valence-electron chi connectivity index (χ2n) is 8.03. The number of amides is 2. The van der Waals surface area contributed by atoms with Crippen LogP contribution in [0, 0.1) is 0 Å². The Morgan fingerprint density at radius 3 is 2.44 bits per heavy atom. The van der Waals surface area contributed by atoms with Gasteiger partial charge in [0, 0.05) is 23.9 Å². The van der Waals surface area contributed by atoms with Crippen molar-refractivity contribution in [1.82, 2.24) is 0 Å². The number of aliphatic hydroxyl groups is 1. The van der Waals surface area contributed by atoms with Gasteiger partial charge in [-0.3, -0.25) is 19.3 Å². The lowest BCUT2D eigenvalue weighted by molar-refractivity contribution is -0.132. The zero-order valence-corrected chi connectivity index (χ0v) is 20.5. The largest absolute Gasteiger partial charge is 0.507 e. The summed E-state index contributed by atoms with van der Waals surface area (Å²) in [6.45, 7) is 1.37. The molecule has 0 aliphatic carbocycles. The van der Waals surface area contributed by atoms with Crippen LogP contribution in [0.3, 0.4) is 0 Å². The maximum Gasteiger partial charge on any atom is 0.300 e. The third-order valence-electron chi connectivity index (χ3n) is 5.72. The molecule has 3 aromatic rings. The van der Waals surface area contributed by atoms with Gasteiger partial charge in [-0.25, -0.2) is 0 Å². The molecular weight excluding hydrogens is 484 g/mol. The monoisotopic (exact) mass is 506 g/mol.